The first-order valence-corrected chi connectivity index (χ1v) is 10.6. The molecule has 0 saturated carbocycles. The smallest absolute Gasteiger partial charge is 0.229 e. The zero-order valence-corrected chi connectivity index (χ0v) is 16.9. The van der Waals surface area contributed by atoms with Crippen molar-refractivity contribution in [3.05, 3.63) is 60.8 Å². The van der Waals surface area contributed by atoms with E-state index in [0.29, 0.717) is 29.2 Å². The quantitative estimate of drug-likeness (QED) is 0.577. The van der Waals surface area contributed by atoms with Crippen molar-refractivity contribution in [2.45, 2.75) is 0 Å². The summed E-state index contributed by atoms with van der Waals surface area (Å²) in [5.74, 6) is 0.654. The fraction of sp³-hybridized carbons (Fsp3) is 0.143. The summed E-state index contributed by atoms with van der Waals surface area (Å²) >= 11 is 0. The average molecular weight is 408 g/mol. The molecule has 29 heavy (non-hydrogen) atoms. The van der Waals surface area contributed by atoms with Gasteiger partial charge in [-0.2, -0.15) is 5.26 Å². The van der Waals surface area contributed by atoms with Gasteiger partial charge >= 0.3 is 0 Å². The molecular weight excluding hydrogens is 388 g/mol. The third kappa shape index (κ3) is 4.83. The lowest BCUT2D eigenvalue weighted by molar-refractivity contribution is 0.417. The van der Waals surface area contributed by atoms with Gasteiger partial charge in [0.05, 0.1) is 42.7 Å². The Kier molecular flexibility index (Phi) is 5.71. The van der Waals surface area contributed by atoms with Gasteiger partial charge in [0.2, 0.25) is 10.0 Å². The standard InChI is InChI=1S/C21H20N4O3S/c1-14(11-22)12-24-21-18-10-16(5-4-15(18)6-9-20(21)28-2)19-8-7-17(13-23-19)25-29(3,26)27/h4-10,13,24-25H,1,12H2,2-3H3. The van der Waals surface area contributed by atoms with E-state index in [2.05, 4.69) is 21.6 Å². The molecule has 0 unspecified atom stereocenters. The van der Waals surface area contributed by atoms with E-state index in [1.165, 1.54) is 6.20 Å². The van der Waals surface area contributed by atoms with Crippen LogP contribution in [0.5, 0.6) is 5.75 Å². The van der Waals surface area contributed by atoms with Gasteiger partial charge in [0.25, 0.3) is 0 Å². The lowest BCUT2D eigenvalue weighted by atomic mass is 10.0. The van der Waals surface area contributed by atoms with Crippen molar-refractivity contribution < 1.29 is 13.2 Å². The van der Waals surface area contributed by atoms with Gasteiger partial charge in [-0.25, -0.2) is 8.42 Å². The molecule has 3 aromatic rings. The number of fused-ring (bicyclic) bond motifs is 1. The highest BCUT2D eigenvalue weighted by Crippen LogP contribution is 2.35. The van der Waals surface area contributed by atoms with Crippen LogP contribution < -0.4 is 14.8 Å². The van der Waals surface area contributed by atoms with E-state index < -0.39 is 10.0 Å². The number of hydrogen-bond acceptors (Lipinski definition) is 6. The highest BCUT2D eigenvalue weighted by molar-refractivity contribution is 7.92. The second-order valence-electron chi connectivity index (χ2n) is 6.45. The molecule has 1 heterocycles. The molecule has 0 aliphatic rings. The first-order chi connectivity index (χ1) is 13.8. The van der Waals surface area contributed by atoms with Crippen LogP contribution in [0, 0.1) is 11.3 Å². The third-order valence-corrected chi connectivity index (χ3v) is 4.81. The first kappa shape index (κ1) is 20.2. The Balaban J connectivity index is 2.02. The number of methoxy groups -OCH3 is 1. The number of nitrogens with one attached hydrogen (secondary N) is 2. The van der Waals surface area contributed by atoms with Crippen LogP contribution in [0.25, 0.3) is 22.0 Å². The van der Waals surface area contributed by atoms with E-state index in [1.807, 2.05) is 36.4 Å². The Morgan fingerprint density at radius 2 is 2.00 bits per heavy atom. The van der Waals surface area contributed by atoms with Crippen LogP contribution >= 0.6 is 0 Å². The van der Waals surface area contributed by atoms with Crippen molar-refractivity contribution >= 4 is 32.2 Å². The van der Waals surface area contributed by atoms with Crippen molar-refractivity contribution in [1.29, 1.82) is 5.26 Å². The summed E-state index contributed by atoms with van der Waals surface area (Å²) in [6, 6.07) is 15.1. The van der Waals surface area contributed by atoms with Crippen molar-refractivity contribution in [3.8, 4) is 23.1 Å². The number of hydrogen-bond donors (Lipinski definition) is 2. The molecule has 8 heteroatoms. The van der Waals surface area contributed by atoms with E-state index in [9.17, 15) is 8.42 Å². The minimum absolute atomic E-state index is 0.306. The van der Waals surface area contributed by atoms with Crippen LogP contribution in [0.4, 0.5) is 11.4 Å². The summed E-state index contributed by atoms with van der Waals surface area (Å²) in [5, 5.41) is 14.1. The molecule has 1 aromatic heterocycles. The monoisotopic (exact) mass is 408 g/mol. The summed E-state index contributed by atoms with van der Waals surface area (Å²) in [4.78, 5) is 4.36. The maximum absolute atomic E-state index is 11.3. The number of pyridine rings is 1. The van der Waals surface area contributed by atoms with E-state index in [4.69, 9.17) is 10.00 Å². The zero-order chi connectivity index (χ0) is 21.0. The molecule has 0 saturated heterocycles. The first-order valence-electron chi connectivity index (χ1n) is 8.67. The highest BCUT2D eigenvalue weighted by atomic mass is 32.2. The SMILES string of the molecule is C=C(C#N)CNc1c(OC)ccc2ccc(-c3ccc(NS(C)(=O)=O)cn3)cc12. The molecule has 0 aliphatic carbocycles. The van der Waals surface area contributed by atoms with Crippen LogP contribution in [0.15, 0.2) is 60.8 Å². The number of benzene rings is 2. The van der Waals surface area contributed by atoms with Crippen LogP contribution in [-0.4, -0.2) is 33.3 Å². The summed E-state index contributed by atoms with van der Waals surface area (Å²) in [6.07, 6.45) is 2.56. The number of rotatable bonds is 7. The lowest BCUT2D eigenvalue weighted by Gasteiger charge is -2.15. The largest absolute Gasteiger partial charge is 0.495 e. The Morgan fingerprint density at radius 3 is 2.62 bits per heavy atom. The molecule has 2 aromatic carbocycles. The topological polar surface area (TPSA) is 104 Å². The van der Waals surface area contributed by atoms with Crippen LogP contribution in [0.2, 0.25) is 0 Å². The average Bonchev–Trinajstić information content (AvgIpc) is 2.70. The Labute approximate surface area is 169 Å². The molecule has 0 aliphatic heterocycles. The Morgan fingerprint density at radius 1 is 1.24 bits per heavy atom. The van der Waals surface area contributed by atoms with E-state index in [-0.39, 0.29) is 0 Å². The lowest BCUT2D eigenvalue weighted by Crippen LogP contribution is -2.09. The van der Waals surface area contributed by atoms with Gasteiger partial charge in [-0.05, 0) is 29.7 Å². The van der Waals surface area contributed by atoms with Gasteiger partial charge in [-0.15, -0.1) is 0 Å². The van der Waals surface area contributed by atoms with E-state index in [0.717, 1.165) is 28.3 Å². The molecule has 2 N–H and O–H groups in total. The summed E-state index contributed by atoms with van der Waals surface area (Å²) in [6.45, 7) is 4.01. The molecule has 148 valence electrons. The molecule has 0 radical (unpaired) electrons. The number of aromatic nitrogens is 1. The van der Waals surface area contributed by atoms with E-state index >= 15 is 0 Å². The molecule has 0 atom stereocenters. The number of sulfonamides is 1. The highest BCUT2D eigenvalue weighted by Gasteiger charge is 2.11. The Hall–Kier alpha value is -3.57. The fourth-order valence-electron chi connectivity index (χ4n) is 2.89. The van der Waals surface area contributed by atoms with Crippen molar-refractivity contribution in [2.24, 2.45) is 0 Å². The molecule has 7 nitrogen and oxygen atoms in total. The Bertz CT molecular complexity index is 1210. The predicted molar refractivity (Wildman–Crippen MR) is 115 cm³/mol. The number of nitrogens with zero attached hydrogens (tertiary/aromatic N) is 2. The molecule has 0 fully saturated rings. The number of ether oxygens (including phenoxy) is 1. The minimum Gasteiger partial charge on any atom is -0.495 e. The minimum atomic E-state index is -3.35. The fourth-order valence-corrected chi connectivity index (χ4v) is 3.43. The molecule has 0 spiro atoms. The second kappa shape index (κ2) is 8.20. The van der Waals surface area contributed by atoms with Gasteiger partial charge < -0.3 is 10.1 Å². The normalized spacial score (nSPS) is 10.9. The zero-order valence-electron chi connectivity index (χ0n) is 16.1. The van der Waals surface area contributed by atoms with Gasteiger partial charge in [0.1, 0.15) is 5.75 Å². The van der Waals surface area contributed by atoms with Crippen LogP contribution in [0.1, 0.15) is 0 Å². The van der Waals surface area contributed by atoms with Gasteiger partial charge in [0, 0.05) is 23.1 Å². The second-order valence-corrected chi connectivity index (χ2v) is 8.20. The maximum Gasteiger partial charge on any atom is 0.229 e. The van der Waals surface area contributed by atoms with Crippen molar-refractivity contribution in [1.82, 2.24) is 4.98 Å². The molecule has 3 rings (SSSR count). The number of nitriles is 1. The molecular formula is C21H20N4O3S. The van der Waals surface area contributed by atoms with Crippen molar-refractivity contribution in [3.63, 3.8) is 0 Å². The van der Waals surface area contributed by atoms with Gasteiger partial charge in [-0.1, -0.05) is 24.8 Å². The maximum atomic E-state index is 11.3. The summed E-state index contributed by atoms with van der Waals surface area (Å²) < 4.78 is 30.6. The van der Waals surface area contributed by atoms with E-state index in [1.54, 1.807) is 19.2 Å². The van der Waals surface area contributed by atoms with Gasteiger partial charge in [0.15, 0.2) is 0 Å². The number of anilines is 2. The third-order valence-electron chi connectivity index (χ3n) is 4.20. The molecule has 0 bridgehead atoms. The van der Waals surface area contributed by atoms with Gasteiger partial charge in [-0.3, -0.25) is 9.71 Å². The molecule has 0 amide bonds. The summed E-state index contributed by atoms with van der Waals surface area (Å²) in [7, 11) is -1.77. The van der Waals surface area contributed by atoms with Crippen LogP contribution in [-0.2, 0) is 10.0 Å². The summed E-state index contributed by atoms with van der Waals surface area (Å²) in [5.41, 5.74) is 3.13. The van der Waals surface area contributed by atoms with Crippen molar-refractivity contribution in [2.75, 3.05) is 29.9 Å². The van der Waals surface area contributed by atoms with Crippen LogP contribution in [0.3, 0.4) is 0 Å². The predicted octanol–water partition coefficient (Wildman–Crippen LogP) is 3.77.